The fourth-order valence-electron chi connectivity index (χ4n) is 5.56. The first-order valence-corrected chi connectivity index (χ1v) is 12.9. The highest BCUT2D eigenvalue weighted by molar-refractivity contribution is 6.33. The normalized spacial score (nSPS) is 19.6. The number of carbonyl (C=O) groups is 1. The molecule has 1 aliphatic carbocycles. The van der Waals surface area contributed by atoms with Crippen molar-refractivity contribution in [2.24, 2.45) is 18.9 Å². The van der Waals surface area contributed by atoms with Crippen molar-refractivity contribution >= 4 is 28.8 Å². The first-order valence-electron chi connectivity index (χ1n) is 12.5. The molecular formula is C28H22ClN9O. The molecule has 6 heterocycles. The van der Waals surface area contributed by atoms with Gasteiger partial charge in [-0.1, -0.05) is 11.6 Å². The van der Waals surface area contributed by atoms with E-state index in [0.29, 0.717) is 22.4 Å². The number of halogens is 1. The van der Waals surface area contributed by atoms with Gasteiger partial charge in [0.05, 0.1) is 28.0 Å². The molecule has 0 radical (unpaired) electrons. The number of aromatic nitrogens is 6. The van der Waals surface area contributed by atoms with Gasteiger partial charge in [0.1, 0.15) is 17.6 Å². The van der Waals surface area contributed by atoms with Gasteiger partial charge in [0.25, 0.3) is 5.91 Å². The van der Waals surface area contributed by atoms with E-state index in [1.165, 1.54) is 0 Å². The second-order valence-corrected chi connectivity index (χ2v) is 10.4. The number of piperidine rings is 1. The van der Waals surface area contributed by atoms with Crippen molar-refractivity contribution in [3.63, 3.8) is 0 Å². The van der Waals surface area contributed by atoms with E-state index in [4.69, 9.17) is 16.6 Å². The van der Waals surface area contributed by atoms with Crippen molar-refractivity contribution in [2.75, 3.05) is 18.0 Å². The van der Waals surface area contributed by atoms with Gasteiger partial charge in [-0.2, -0.15) is 15.5 Å². The lowest BCUT2D eigenvalue weighted by atomic mass is 10.0. The van der Waals surface area contributed by atoms with E-state index in [0.717, 1.165) is 46.8 Å². The number of carbonyl (C=O) groups excluding carboxylic acids is 1. The zero-order valence-corrected chi connectivity index (χ0v) is 21.6. The van der Waals surface area contributed by atoms with Crippen LogP contribution < -0.4 is 10.2 Å². The standard InChI is InChI=1S/C28H22ClN9O/c1-36-8-6-23(35-36)17-9-19(27-18(10-30)12-33-38(27)13-17)16-4-5-24(32-11-16)37-14-20-21(15-37)25(20)34-28(39)26-22(29)3-2-7-31-26/h2-9,11-13,20-21,25H,14-15H2,1H3,(H,34,39)/t20-,21+,25?. The molecule has 2 aliphatic rings. The molecule has 1 N–H and O–H groups in total. The summed E-state index contributed by atoms with van der Waals surface area (Å²) in [6.45, 7) is 1.64. The first kappa shape index (κ1) is 23.4. The number of rotatable bonds is 5. The molecule has 192 valence electrons. The van der Waals surface area contributed by atoms with E-state index >= 15 is 0 Å². The predicted octanol–water partition coefficient (Wildman–Crippen LogP) is 3.58. The Morgan fingerprint density at radius 2 is 1.97 bits per heavy atom. The first-order chi connectivity index (χ1) is 19.0. The van der Waals surface area contributed by atoms with Gasteiger partial charge in [0.2, 0.25) is 0 Å². The summed E-state index contributed by atoms with van der Waals surface area (Å²) >= 11 is 6.12. The number of nitrogens with one attached hydrogen (secondary N) is 1. The molecule has 39 heavy (non-hydrogen) atoms. The Morgan fingerprint density at radius 1 is 1.13 bits per heavy atom. The van der Waals surface area contributed by atoms with Crippen molar-refractivity contribution < 1.29 is 4.79 Å². The zero-order chi connectivity index (χ0) is 26.7. The Balaban J connectivity index is 1.10. The highest BCUT2D eigenvalue weighted by Gasteiger charge is 2.56. The van der Waals surface area contributed by atoms with Crippen LogP contribution in [0.3, 0.4) is 0 Å². The average Bonchev–Trinajstić information content (AvgIpc) is 3.40. The molecule has 1 aliphatic heterocycles. The lowest BCUT2D eigenvalue weighted by Crippen LogP contribution is -2.35. The molecule has 3 atom stereocenters. The molecule has 7 rings (SSSR count). The van der Waals surface area contributed by atoms with Gasteiger partial charge in [-0.3, -0.25) is 9.48 Å². The van der Waals surface area contributed by atoms with E-state index in [9.17, 15) is 10.1 Å². The van der Waals surface area contributed by atoms with Crippen LogP contribution in [0.15, 0.2) is 67.4 Å². The van der Waals surface area contributed by atoms with Gasteiger partial charge in [0, 0.05) is 79.5 Å². The third-order valence-electron chi connectivity index (χ3n) is 7.59. The molecule has 11 heteroatoms. The van der Waals surface area contributed by atoms with Crippen LogP contribution in [-0.2, 0) is 7.05 Å². The molecule has 1 amide bonds. The number of aryl methyl sites for hydroxylation is 1. The zero-order valence-electron chi connectivity index (χ0n) is 20.9. The largest absolute Gasteiger partial charge is 0.356 e. The summed E-state index contributed by atoms with van der Waals surface area (Å²) in [5, 5.41) is 22.0. The molecule has 0 spiro atoms. The quantitative estimate of drug-likeness (QED) is 0.365. The van der Waals surface area contributed by atoms with Crippen molar-refractivity contribution in [3.05, 3.63) is 83.7 Å². The molecule has 0 aromatic carbocycles. The van der Waals surface area contributed by atoms with Crippen LogP contribution in [0.1, 0.15) is 16.1 Å². The number of nitrogens with zero attached hydrogens (tertiary/aromatic N) is 8. The minimum Gasteiger partial charge on any atom is -0.356 e. The SMILES string of the molecule is Cn1ccc(-c2cc(-c3ccc(N4C[C@@H]5C(NC(=O)c6ncccc6Cl)[C@@H]5C4)nc3)c3c(C#N)cnn3c2)n1. The summed E-state index contributed by atoms with van der Waals surface area (Å²) in [7, 11) is 1.88. The fraction of sp³-hybridized carbons (Fsp3) is 0.214. The molecule has 5 aromatic rings. The average molecular weight is 536 g/mol. The van der Waals surface area contributed by atoms with E-state index in [1.807, 2.05) is 49.9 Å². The molecule has 0 bridgehead atoms. The third kappa shape index (κ3) is 3.99. The Kier molecular flexibility index (Phi) is 5.35. The molecule has 1 saturated heterocycles. The highest BCUT2D eigenvalue weighted by Crippen LogP contribution is 2.46. The monoisotopic (exact) mass is 535 g/mol. The summed E-state index contributed by atoms with van der Waals surface area (Å²) in [4.78, 5) is 23.7. The van der Waals surface area contributed by atoms with Gasteiger partial charge >= 0.3 is 0 Å². The van der Waals surface area contributed by atoms with E-state index in [-0.39, 0.29) is 17.6 Å². The van der Waals surface area contributed by atoms with Crippen LogP contribution in [0.2, 0.25) is 5.02 Å². The number of nitriles is 1. The summed E-state index contributed by atoms with van der Waals surface area (Å²) in [5.41, 5.74) is 4.98. The third-order valence-corrected chi connectivity index (χ3v) is 7.89. The predicted molar refractivity (Wildman–Crippen MR) is 145 cm³/mol. The molecule has 10 nitrogen and oxygen atoms in total. The molecule has 2 fully saturated rings. The van der Waals surface area contributed by atoms with Crippen LogP contribution in [-0.4, -0.2) is 54.4 Å². The molecular weight excluding hydrogens is 514 g/mol. The highest BCUT2D eigenvalue weighted by atomic mass is 35.5. The van der Waals surface area contributed by atoms with Crippen LogP contribution >= 0.6 is 11.6 Å². The van der Waals surface area contributed by atoms with Crippen LogP contribution in [0, 0.1) is 23.2 Å². The maximum atomic E-state index is 12.6. The lowest BCUT2D eigenvalue weighted by molar-refractivity contribution is 0.0942. The van der Waals surface area contributed by atoms with Gasteiger partial charge in [-0.15, -0.1) is 0 Å². The number of pyridine rings is 3. The smallest absolute Gasteiger partial charge is 0.271 e. The van der Waals surface area contributed by atoms with Crippen LogP contribution in [0.25, 0.3) is 27.9 Å². The Labute approximate surface area is 228 Å². The number of anilines is 1. The summed E-state index contributed by atoms with van der Waals surface area (Å²) in [6.07, 6.45) is 8.77. The number of hydrogen-bond acceptors (Lipinski definition) is 7. The summed E-state index contributed by atoms with van der Waals surface area (Å²) in [6, 6.07) is 13.8. The minimum absolute atomic E-state index is 0.125. The van der Waals surface area contributed by atoms with Crippen molar-refractivity contribution in [2.45, 2.75) is 6.04 Å². The number of hydrogen-bond donors (Lipinski definition) is 1. The summed E-state index contributed by atoms with van der Waals surface area (Å²) in [5.74, 6) is 1.40. The number of fused-ring (bicyclic) bond motifs is 2. The molecule has 1 unspecified atom stereocenters. The minimum atomic E-state index is -0.232. The second-order valence-electron chi connectivity index (χ2n) is 9.95. The van der Waals surface area contributed by atoms with Gasteiger partial charge in [0.15, 0.2) is 0 Å². The Morgan fingerprint density at radius 3 is 2.67 bits per heavy atom. The van der Waals surface area contributed by atoms with Crippen molar-refractivity contribution in [1.29, 1.82) is 5.26 Å². The van der Waals surface area contributed by atoms with E-state index < -0.39 is 0 Å². The maximum absolute atomic E-state index is 12.6. The molecule has 1 saturated carbocycles. The van der Waals surface area contributed by atoms with E-state index in [2.05, 4.69) is 31.5 Å². The Bertz CT molecular complexity index is 1770. The van der Waals surface area contributed by atoms with Gasteiger partial charge in [-0.05, 0) is 36.4 Å². The molecule has 5 aromatic heterocycles. The maximum Gasteiger partial charge on any atom is 0.271 e. The number of amides is 1. The summed E-state index contributed by atoms with van der Waals surface area (Å²) < 4.78 is 3.48. The van der Waals surface area contributed by atoms with E-state index in [1.54, 1.807) is 33.7 Å². The fourth-order valence-corrected chi connectivity index (χ4v) is 5.77. The van der Waals surface area contributed by atoms with Crippen LogP contribution in [0.4, 0.5) is 5.82 Å². The van der Waals surface area contributed by atoms with Crippen molar-refractivity contribution in [3.8, 4) is 28.5 Å². The van der Waals surface area contributed by atoms with Gasteiger partial charge in [-0.25, -0.2) is 14.5 Å². The Hall–Kier alpha value is -4.75. The lowest BCUT2D eigenvalue weighted by Gasteiger charge is -2.21. The van der Waals surface area contributed by atoms with Gasteiger partial charge < -0.3 is 10.2 Å². The van der Waals surface area contributed by atoms with Crippen LogP contribution in [0.5, 0.6) is 0 Å². The topological polar surface area (TPSA) is 117 Å². The second kappa shape index (κ2) is 8.92. The van der Waals surface area contributed by atoms with Crippen molar-refractivity contribution in [1.82, 2.24) is 34.7 Å².